The number of hydrogen-bond donors (Lipinski definition) is 1. The highest BCUT2D eigenvalue weighted by Gasteiger charge is 2.40. The van der Waals surface area contributed by atoms with Crippen LogP contribution in [-0.4, -0.2) is 42.3 Å². The summed E-state index contributed by atoms with van der Waals surface area (Å²) in [6.07, 6.45) is 9.42. The van der Waals surface area contributed by atoms with Crippen LogP contribution in [0.3, 0.4) is 0 Å². The third-order valence-electron chi connectivity index (χ3n) is 4.65. The average molecular weight is 310 g/mol. The molecule has 0 aromatic carbocycles. The second-order valence-corrected chi connectivity index (χ2v) is 7.75. The van der Waals surface area contributed by atoms with E-state index in [0.717, 1.165) is 32.1 Å². The number of rotatable bonds is 3. The van der Waals surface area contributed by atoms with Crippen molar-refractivity contribution in [1.29, 1.82) is 0 Å². The Hall–Kier alpha value is -1.21. The van der Waals surface area contributed by atoms with Gasteiger partial charge in [0.05, 0.1) is 12.4 Å². The van der Waals surface area contributed by atoms with Crippen LogP contribution in [0, 0.1) is 5.92 Å². The van der Waals surface area contributed by atoms with Crippen molar-refractivity contribution in [3.63, 3.8) is 0 Å². The summed E-state index contributed by atoms with van der Waals surface area (Å²) in [5, 5.41) is 2.80. The van der Waals surface area contributed by atoms with Crippen molar-refractivity contribution in [3.8, 4) is 0 Å². The van der Waals surface area contributed by atoms with E-state index >= 15 is 0 Å². The predicted octanol–water partition coefficient (Wildman–Crippen LogP) is 1.86. The molecule has 1 saturated heterocycles. The van der Waals surface area contributed by atoms with E-state index in [9.17, 15) is 8.42 Å². The molecule has 1 aromatic heterocycles. The van der Waals surface area contributed by atoms with Crippen molar-refractivity contribution in [2.24, 2.45) is 5.92 Å². The van der Waals surface area contributed by atoms with Crippen LogP contribution < -0.4 is 5.32 Å². The summed E-state index contributed by atoms with van der Waals surface area (Å²) in [5.74, 6) is 0.961. The Morgan fingerprint density at radius 1 is 1.14 bits per heavy atom. The summed E-state index contributed by atoms with van der Waals surface area (Å²) in [4.78, 5) is 8.27. The van der Waals surface area contributed by atoms with E-state index < -0.39 is 10.0 Å². The van der Waals surface area contributed by atoms with Gasteiger partial charge in [-0.3, -0.25) is 0 Å². The van der Waals surface area contributed by atoms with Crippen LogP contribution in [0.5, 0.6) is 0 Å². The number of sulfonamides is 1. The highest BCUT2D eigenvalue weighted by atomic mass is 32.2. The van der Waals surface area contributed by atoms with E-state index in [1.165, 1.54) is 18.8 Å². The molecule has 2 heterocycles. The van der Waals surface area contributed by atoms with Crippen molar-refractivity contribution >= 4 is 16.0 Å². The van der Waals surface area contributed by atoms with Gasteiger partial charge in [-0.15, -0.1) is 0 Å². The Balaban J connectivity index is 1.88. The van der Waals surface area contributed by atoms with Gasteiger partial charge in [-0.1, -0.05) is 12.8 Å². The molecule has 0 radical (unpaired) electrons. The minimum atomic E-state index is -3.48. The summed E-state index contributed by atoms with van der Waals surface area (Å²) in [5.41, 5.74) is 0. The zero-order valence-electron chi connectivity index (χ0n) is 12.3. The summed E-state index contributed by atoms with van der Waals surface area (Å²) < 4.78 is 27.4. The zero-order valence-corrected chi connectivity index (χ0v) is 13.1. The minimum Gasteiger partial charge on any atom is -0.357 e. The molecule has 2 atom stereocenters. The van der Waals surface area contributed by atoms with Gasteiger partial charge in [0.2, 0.25) is 16.0 Å². The Morgan fingerprint density at radius 2 is 1.81 bits per heavy atom. The average Bonchev–Trinajstić information content (AvgIpc) is 2.54. The molecule has 21 heavy (non-hydrogen) atoms. The molecule has 2 fully saturated rings. The number of aromatic nitrogens is 2. The lowest BCUT2D eigenvalue weighted by atomic mass is 9.79. The van der Waals surface area contributed by atoms with Crippen LogP contribution in [-0.2, 0) is 10.0 Å². The molecule has 7 heteroatoms. The van der Waals surface area contributed by atoms with E-state index in [4.69, 9.17) is 0 Å². The topological polar surface area (TPSA) is 75.2 Å². The Morgan fingerprint density at radius 3 is 2.52 bits per heavy atom. The van der Waals surface area contributed by atoms with Crippen LogP contribution in [0.15, 0.2) is 17.3 Å². The van der Waals surface area contributed by atoms with Crippen LogP contribution >= 0.6 is 0 Å². The second-order valence-electron chi connectivity index (χ2n) is 5.86. The van der Waals surface area contributed by atoms with Crippen LogP contribution in [0.2, 0.25) is 0 Å². The smallest absolute Gasteiger partial charge is 0.246 e. The lowest BCUT2D eigenvalue weighted by Gasteiger charge is -2.43. The first-order valence-corrected chi connectivity index (χ1v) is 9.08. The van der Waals surface area contributed by atoms with Gasteiger partial charge < -0.3 is 5.32 Å². The van der Waals surface area contributed by atoms with Crippen molar-refractivity contribution in [3.05, 3.63) is 12.4 Å². The zero-order chi connectivity index (χ0) is 14.9. The Bertz CT molecular complexity index is 585. The maximum atomic E-state index is 12.9. The van der Waals surface area contributed by atoms with Crippen LogP contribution in [0.1, 0.15) is 38.5 Å². The highest BCUT2D eigenvalue weighted by Crippen LogP contribution is 2.37. The summed E-state index contributed by atoms with van der Waals surface area (Å²) in [7, 11) is -1.77. The van der Waals surface area contributed by atoms with Gasteiger partial charge in [0.1, 0.15) is 4.90 Å². The first kappa shape index (κ1) is 14.7. The van der Waals surface area contributed by atoms with E-state index in [2.05, 4.69) is 15.3 Å². The molecular weight excluding hydrogens is 288 g/mol. The molecule has 1 aromatic rings. The molecule has 1 N–H and O–H groups in total. The molecule has 2 aliphatic rings. The van der Waals surface area contributed by atoms with E-state index in [-0.39, 0.29) is 10.9 Å². The van der Waals surface area contributed by atoms with Crippen molar-refractivity contribution < 1.29 is 8.42 Å². The van der Waals surface area contributed by atoms with Crippen molar-refractivity contribution in [1.82, 2.24) is 14.3 Å². The summed E-state index contributed by atoms with van der Waals surface area (Å²) in [6, 6.07) is 0.168. The maximum absolute atomic E-state index is 12.9. The second kappa shape index (κ2) is 5.88. The van der Waals surface area contributed by atoms with Gasteiger partial charge in [-0.25, -0.2) is 18.4 Å². The molecule has 116 valence electrons. The number of piperidine rings is 1. The summed E-state index contributed by atoms with van der Waals surface area (Å²) >= 11 is 0. The first-order chi connectivity index (χ1) is 10.1. The van der Waals surface area contributed by atoms with Gasteiger partial charge in [0, 0.05) is 19.6 Å². The number of fused-ring (bicyclic) bond motifs is 1. The largest absolute Gasteiger partial charge is 0.357 e. The third-order valence-corrected chi connectivity index (χ3v) is 6.53. The van der Waals surface area contributed by atoms with E-state index in [1.54, 1.807) is 11.4 Å². The number of nitrogens with one attached hydrogen (secondary N) is 1. The molecule has 0 bridgehead atoms. The van der Waals surface area contributed by atoms with Crippen molar-refractivity contribution in [2.75, 3.05) is 18.9 Å². The molecule has 0 amide bonds. The number of anilines is 1. The normalized spacial score (nSPS) is 27.1. The molecule has 1 saturated carbocycles. The van der Waals surface area contributed by atoms with E-state index in [1.807, 2.05) is 0 Å². The fraction of sp³-hybridized carbons (Fsp3) is 0.714. The predicted molar refractivity (Wildman–Crippen MR) is 80.5 cm³/mol. The number of nitrogens with zero attached hydrogens (tertiary/aromatic N) is 3. The van der Waals surface area contributed by atoms with E-state index in [0.29, 0.717) is 18.4 Å². The van der Waals surface area contributed by atoms with Gasteiger partial charge in [0.15, 0.2) is 0 Å². The molecule has 1 aliphatic carbocycles. The summed E-state index contributed by atoms with van der Waals surface area (Å²) in [6.45, 7) is 0.622. The maximum Gasteiger partial charge on any atom is 0.246 e. The highest BCUT2D eigenvalue weighted by molar-refractivity contribution is 7.89. The standard InChI is InChI=1S/C14H22N4O2S/c1-15-14-16-9-12(10-17-14)21(19,20)18-8-4-6-11-5-2-3-7-13(11)18/h9-11,13H,2-8H2,1H3,(H,15,16,17)/t11-,13-/m1/s1. The van der Waals surface area contributed by atoms with Gasteiger partial charge in [-0.05, 0) is 31.6 Å². The molecule has 1 aliphatic heterocycles. The van der Waals surface area contributed by atoms with Gasteiger partial charge in [-0.2, -0.15) is 4.31 Å². The molecular formula is C14H22N4O2S. The van der Waals surface area contributed by atoms with Crippen LogP contribution in [0.4, 0.5) is 5.95 Å². The first-order valence-electron chi connectivity index (χ1n) is 7.64. The Labute approximate surface area is 126 Å². The Kier molecular flexibility index (Phi) is 4.12. The number of hydrogen-bond acceptors (Lipinski definition) is 5. The monoisotopic (exact) mass is 310 g/mol. The molecule has 6 nitrogen and oxygen atoms in total. The molecule has 0 unspecified atom stereocenters. The van der Waals surface area contributed by atoms with Gasteiger partial charge in [0.25, 0.3) is 0 Å². The van der Waals surface area contributed by atoms with Gasteiger partial charge >= 0.3 is 0 Å². The quantitative estimate of drug-likeness (QED) is 0.922. The molecule has 3 rings (SSSR count). The fourth-order valence-corrected chi connectivity index (χ4v) is 5.24. The molecule has 0 spiro atoms. The third kappa shape index (κ3) is 2.76. The minimum absolute atomic E-state index is 0.168. The lowest BCUT2D eigenvalue weighted by molar-refractivity contribution is 0.129. The SMILES string of the molecule is CNc1ncc(S(=O)(=O)N2CCC[C@H]3CCCC[C@H]32)cn1. The fourth-order valence-electron chi connectivity index (χ4n) is 3.59. The lowest BCUT2D eigenvalue weighted by Crippen LogP contribution is -2.49. The van der Waals surface area contributed by atoms with Crippen LogP contribution in [0.25, 0.3) is 0 Å². The van der Waals surface area contributed by atoms with Crippen molar-refractivity contribution in [2.45, 2.75) is 49.5 Å².